The molecule has 126 valence electrons. The van der Waals surface area contributed by atoms with E-state index < -0.39 is 7.82 Å². The molecule has 9 heteroatoms. The molecule has 8 nitrogen and oxygen atoms in total. The average Bonchev–Trinajstić information content (AvgIpc) is 3.15. The molecule has 6 rings (SSSR count). The van der Waals surface area contributed by atoms with Gasteiger partial charge in [0.1, 0.15) is 11.1 Å². The normalized spacial score (nSPS) is 19.2. The van der Waals surface area contributed by atoms with Crippen molar-refractivity contribution >= 4 is 18.7 Å². The maximum atomic E-state index is 12.8. The van der Waals surface area contributed by atoms with E-state index in [2.05, 4.69) is 15.0 Å². The van der Waals surface area contributed by atoms with Gasteiger partial charge in [-0.05, 0) is 0 Å². The highest BCUT2D eigenvalue weighted by Crippen LogP contribution is 2.64. The Bertz CT molecular complexity index is 1240. The Balaban J connectivity index is 1.71. The molecule has 2 aliphatic heterocycles. The highest BCUT2D eigenvalue weighted by molar-refractivity contribution is 7.50. The van der Waals surface area contributed by atoms with Gasteiger partial charge in [0.15, 0.2) is 17.3 Å². The van der Waals surface area contributed by atoms with E-state index in [0.29, 0.717) is 33.9 Å². The lowest BCUT2D eigenvalue weighted by atomic mass is 10.1. The molecule has 4 aromatic rings. The summed E-state index contributed by atoms with van der Waals surface area (Å²) in [6, 6.07) is 11.2. The Morgan fingerprint density at radius 1 is 1.04 bits per heavy atom. The van der Waals surface area contributed by atoms with Gasteiger partial charge < -0.3 is 13.6 Å². The number of imidazole rings is 1. The first kappa shape index (κ1) is 13.9. The number of phosphoric ester groups is 1. The zero-order chi connectivity index (χ0) is 17.3. The summed E-state index contributed by atoms with van der Waals surface area (Å²) in [6.45, 7) is 0. The van der Waals surface area contributed by atoms with Crippen molar-refractivity contribution in [1.29, 1.82) is 0 Å². The number of rotatable bonds is 2. The number of hydrogen-bond acceptors (Lipinski definition) is 7. The van der Waals surface area contributed by atoms with Crippen LogP contribution in [0.25, 0.3) is 28.0 Å². The van der Waals surface area contributed by atoms with Gasteiger partial charge in [0.25, 0.3) is 0 Å². The summed E-state index contributed by atoms with van der Waals surface area (Å²) in [5, 5.41) is 0.562. The van der Waals surface area contributed by atoms with Gasteiger partial charge in [-0.3, -0.25) is 4.57 Å². The molecule has 1 atom stereocenters. The molecule has 3 bridgehead atoms. The van der Waals surface area contributed by atoms with Crippen LogP contribution < -0.4 is 13.6 Å². The lowest BCUT2D eigenvalue weighted by molar-refractivity contribution is 0.277. The van der Waals surface area contributed by atoms with Crippen LogP contribution in [-0.2, 0) is 4.57 Å². The summed E-state index contributed by atoms with van der Waals surface area (Å²) in [4.78, 5) is 13.1. The molecule has 4 heterocycles. The van der Waals surface area contributed by atoms with Crippen molar-refractivity contribution in [2.75, 3.05) is 0 Å². The van der Waals surface area contributed by atoms with Gasteiger partial charge in [0.2, 0.25) is 5.88 Å². The summed E-state index contributed by atoms with van der Waals surface area (Å²) in [7, 11) is -3.81. The Morgan fingerprint density at radius 3 is 2.73 bits per heavy atom. The summed E-state index contributed by atoms with van der Waals surface area (Å²) >= 11 is 0. The lowest BCUT2D eigenvalue weighted by Crippen LogP contribution is -2.20. The second-order valence-electron chi connectivity index (χ2n) is 5.86. The molecular weight excluding hydrogens is 355 g/mol. The molecule has 2 aliphatic rings. The van der Waals surface area contributed by atoms with Crippen LogP contribution in [0.15, 0.2) is 55.1 Å². The van der Waals surface area contributed by atoms with Crippen molar-refractivity contribution in [2.45, 2.75) is 0 Å². The minimum absolute atomic E-state index is 0.186. The zero-order valence-electron chi connectivity index (χ0n) is 13.1. The van der Waals surface area contributed by atoms with Gasteiger partial charge in [-0.2, -0.15) is 9.55 Å². The molecule has 0 saturated heterocycles. The highest BCUT2D eigenvalue weighted by Gasteiger charge is 2.47. The van der Waals surface area contributed by atoms with Crippen LogP contribution in [0.2, 0.25) is 0 Å². The van der Waals surface area contributed by atoms with E-state index in [0.717, 1.165) is 5.56 Å². The molecule has 0 spiro atoms. The predicted molar refractivity (Wildman–Crippen MR) is 91.6 cm³/mol. The maximum absolute atomic E-state index is 12.8. The van der Waals surface area contributed by atoms with Crippen molar-refractivity contribution in [3.05, 3.63) is 55.1 Å². The molecular formula is C17H9N4O4P. The summed E-state index contributed by atoms with van der Waals surface area (Å²) in [5.74, 6) is 1.41. The summed E-state index contributed by atoms with van der Waals surface area (Å²) < 4.78 is 31.1. The standard InChI is InChI=1S/C17H9N4O4P/c22-26-23-12-8-11-13(15(24-26)14(12)21-7-6-18-9-21)17(25-26)20-16(19-11)10-4-2-1-3-5-10/h1-9H. The fraction of sp³-hybridized carbons (Fsp3) is 0. The van der Waals surface area contributed by atoms with E-state index >= 15 is 0 Å². The molecule has 1 unspecified atom stereocenters. The Hall–Kier alpha value is -3.38. The van der Waals surface area contributed by atoms with Crippen LogP contribution in [0.1, 0.15) is 0 Å². The predicted octanol–water partition coefficient (Wildman–Crippen LogP) is 3.75. The molecule has 0 fully saturated rings. The number of aromatic nitrogens is 4. The Morgan fingerprint density at radius 2 is 1.92 bits per heavy atom. The van der Waals surface area contributed by atoms with Crippen LogP contribution >= 0.6 is 7.82 Å². The first-order valence-corrected chi connectivity index (χ1v) is 9.28. The molecule has 0 N–H and O–H groups in total. The molecule has 0 saturated carbocycles. The van der Waals surface area contributed by atoms with Crippen LogP contribution in [0.4, 0.5) is 0 Å². The first-order valence-electron chi connectivity index (χ1n) is 7.81. The van der Waals surface area contributed by atoms with Gasteiger partial charge in [-0.1, -0.05) is 30.3 Å². The van der Waals surface area contributed by atoms with Crippen molar-refractivity contribution in [3.63, 3.8) is 0 Å². The third kappa shape index (κ3) is 1.79. The fourth-order valence-electron chi connectivity index (χ4n) is 3.17. The molecule has 0 aliphatic carbocycles. The van der Waals surface area contributed by atoms with Crippen molar-refractivity contribution in [1.82, 2.24) is 19.5 Å². The van der Waals surface area contributed by atoms with Crippen LogP contribution in [0, 0.1) is 0 Å². The van der Waals surface area contributed by atoms with Gasteiger partial charge in [0, 0.05) is 24.0 Å². The van der Waals surface area contributed by atoms with E-state index in [4.69, 9.17) is 13.6 Å². The monoisotopic (exact) mass is 364 g/mol. The first-order chi connectivity index (χ1) is 12.7. The topological polar surface area (TPSA) is 88.4 Å². The van der Waals surface area contributed by atoms with E-state index in [1.54, 1.807) is 29.4 Å². The smallest absolute Gasteiger partial charge is 0.383 e. The van der Waals surface area contributed by atoms with Gasteiger partial charge in [-0.15, -0.1) is 0 Å². The summed E-state index contributed by atoms with van der Waals surface area (Å²) in [6.07, 6.45) is 4.99. The fourth-order valence-corrected chi connectivity index (χ4v) is 4.41. The minimum atomic E-state index is -3.81. The van der Waals surface area contributed by atoms with E-state index in [9.17, 15) is 4.57 Å². The number of fused-ring (bicyclic) bond motifs is 2. The van der Waals surface area contributed by atoms with Crippen molar-refractivity contribution < 1.29 is 18.1 Å². The molecule has 2 aromatic heterocycles. The molecule has 26 heavy (non-hydrogen) atoms. The molecule has 0 amide bonds. The molecule has 2 aromatic carbocycles. The zero-order valence-corrected chi connectivity index (χ0v) is 14.0. The third-order valence-electron chi connectivity index (χ3n) is 4.25. The van der Waals surface area contributed by atoms with Gasteiger partial charge >= 0.3 is 7.82 Å². The van der Waals surface area contributed by atoms with E-state index in [-0.39, 0.29) is 5.88 Å². The number of hydrogen-bond donors (Lipinski definition) is 0. The van der Waals surface area contributed by atoms with Crippen LogP contribution in [0.5, 0.6) is 17.4 Å². The van der Waals surface area contributed by atoms with Crippen molar-refractivity contribution in [3.8, 4) is 34.5 Å². The lowest BCUT2D eigenvalue weighted by Gasteiger charge is -2.31. The van der Waals surface area contributed by atoms with E-state index in [1.807, 2.05) is 30.3 Å². The largest absolute Gasteiger partial charge is 0.648 e. The second kappa shape index (κ2) is 4.62. The van der Waals surface area contributed by atoms with Crippen LogP contribution in [-0.4, -0.2) is 19.5 Å². The van der Waals surface area contributed by atoms with Gasteiger partial charge in [0.05, 0.1) is 11.8 Å². The van der Waals surface area contributed by atoms with Crippen molar-refractivity contribution in [2.24, 2.45) is 0 Å². The average molecular weight is 364 g/mol. The SMILES string of the molecule is O=P12Oc3cc4nc(-c5ccccc5)nc(c4c(c3-n3ccnc3)O1)O2. The third-order valence-corrected chi connectivity index (χ3v) is 5.48. The Labute approximate surface area is 146 Å². The minimum Gasteiger partial charge on any atom is -0.383 e. The quantitative estimate of drug-likeness (QED) is 0.501. The second-order valence-corrected chi connectivity index (χ2v) is 7.30. The molecule has 0 radical (unpaired) electrons. The number of benzene rings is 2. The number of phosphoric acid groups is 1. The van der Waals surface area contributed by atoms with Crippen LogP contribution in [0.3, 0.4) is 0 Å². The van der Waals surface area contributed by atoms with Gasteiger partial charge in [-0.25, -0.2) is 9.97 Å². The van der Waals surface area contributed by atoms with E-state index in [1.165, 1.54) is 0 Å². The number of nitrogens with zero attached hydrogens (tertiary/aromatic N) is 4. The maximum Gasteiger partial charge on any atom is 0.648 e. The summed E-state index contributed by atoms with van der Waals surface area (Å²) in [5.41, 5.74) is 2.02. The Kier molecular flexibility index (Phi) is 2.46. The highest BCUT2D eigenvalue weighted by atomic mass is 31.2.